The number of hydrogen-bond donors (Lipinski definition) is 2. The van der Waals surface area contributed by atoms with E-state index in [4.69, 9.17) is 21.2 Å². The Morgan fingerprint density at radius 3 is 2.57 bits per heavy atom. The highest BCUT2D eigenvalue weighted by Crippen LogP contribution is 2.36. The SMILES string of the molecule is COc1ccc(C)c(-n2c(N)c(C(N)=O)c3nc4cccc(Br)c4nc32)c1C. The van der Waals surface area contributed by atoms with Gasteiger partial charge in [-0.05, 0) is 53.5 Å². The van der Waals surface area contributed by atoms with Crippen LogP contribution in [-0.4, -0.2) is 27.6 Å². The molecule has 0 aliphatic rings. The molecular formula is C20H18BrN5O2. The molecule has 7 nitrogen and oxygen atoms in total. The summed E-state index contributed by atoms with van der Waals surface area (Å²) in [6.45, 7) is 3.89. The fourth-order valence-electron chi connectivity index (χ4n) is 3.56. The number of benzene rings is 2. The topological polar surface area (TPSA) is 109 Å². The summed E-state index contributed by atoms with van der Waals surface area (Å²) in [5.74, 6) is 0.258. The van der Waals surface area contributed by atoms with Gasteiger partial charge in [-0.3, -0.25) is 9.36 Å². The fourth-order valence-corrected chi connectivity index (χ4v) is 4.00. The second kappa shape index (κ2) is 6.49. The summed E-state index contributed by atoms with van der Waals surface area (Å²) >= 11 is 3.51. The zero-order valence-corrected chi connectivity index (χ0v) is 17.2. The van der Waals surface area contributed by atoms with E-state index >= 15 is 0 Å². The maximum atomic E-state index is 12.2. The van der Waals surface area contributed by atoms with Crippen molar-refractivity contribution < 1.29 is 9.53 Å². The molecule has 0 saturated carbocycles. The van der Waals surface area contributed by atoms with Crippen molar-refractivity contribution in [3.63, 3.8) is 0 Å². The molecule has 8 heteroatoms. The molecule has 2 aromatic heterocycles. The van der Waals surface area contributed by atoms with Crippen molar-refractivity contribution in [2.45, 2.75) is 13.8 Å². The number of anilines is 1. The third-order valence-corrected chi connectivity index (χ3v) is 5.49. The van der Waals surface area contributed by atoms with E-state index in [-0.39, 0.29) is 11.4 Å². The molecule has 0 saturated heterocycles. The minimum atomic E-state index is -0.650. The Morgan fingerprint density at radius 1 is 1.14 bits per heavy atom. The molecule has 142 valence electrons. The van der Waals surface area contributed by atoms with E-state index in [0.29, 0.717) is 27.9 Å². The maximum absolute atomic E-state index is 12.2. The molecule has 1 amide bonds. The molecular weight excluding hydrogens is 422 g/mol. The number of hydrogen-bond acceptors (Lipinski definition) is 5. The molecule has 4 N–H and O–H groups in total. The summed E-state index contributed by atoms with van der Waals surface area (Å²) in [6, 6.07) is 9.39. The van der Waals surface area contributed by atoms with Crippen LogP contribution in [-0.2, 0) is 0 Å². The highest BCUT2D eigenvalue weighted by molar-refractivity contribution is 9.10. The van der Waals surface area contributed by atoms with Gasteiger partial charge in [-0.15, -0.1) is 0 Å². The lowest BCUT2D eigenvalue weighted by atomic mass is 10.1. The lowest BCUT2D eigenvalue weighted by Crippen LogP contribution is -2.14. The van der Waals surface area contributed by atoms with Crippen molar-refractivity contribution in [2.24, 2.45) is 5.73 Å². The molecule has 0 bridgehead atoms. The predicted octanol–water partition coefficient (Wildman–Crippen LogP) is 3.64. The number of para-hydroxylation sites is 1. The number of aryl methyl sites for hydroxylation is 1. The van der Waals surface area contributed by atoms with Gasteiger partial charge in [0.05, 0.1) is 18.3 Å². The van der Waals surface area contributed by atoms with E-state index in [1.54, 1.807) is 11.7 Å². The van der Waals surface area contributed by atoms with Gasteiger partial charge in [-0.1, -0.05) is 12.1 Å². The zero-order valence-electron chi connectivity index (χ0n) is 15.6. The summed E-state index contributed by atoms with van der Waals surface area (Å²) in [6.07, 6.45) is 0. The summed E-state index contributed by atoms with van der Waals surface area (Å²) in [7, 11) is 1.61. The lowest BCUT2D eigenvalue weighted by molar-refractivity contribution is 0.100. The molecule has 2 aromatic carbocycles. The number of nitrogens with two attached hydrogens (primary N) is 2. The smallest absolute Gasteiger partial charge is 0.254 e. The molecule has 4 aromatic rings. The molecule has 0 aliphatic heterocycles. The van der Waals surface area contributed by atoms with Gasteiger partial charge in [0, 0.05) is 10.0 Å². The van der Waals surface area contributed by atoms with Crippen LogP contribution >= 0.6 is 15.9 Å². The second-order valence-corrected chi connectivity index (χ2v) is 7.38. The van der Waals surface area contributed by atoms with Crippen LogP contribution in [0.2, 0.25) is 0 Å². The van der Waals surface area contributed by atoms with Gasteiger partial charge in [0.15, 0.2) is 5.65 Å². The van der Waals surface area contributed by atoms with Crippen molar-refractivity contribution in [1.29, 1.82) is 0 Å². The standard InChI is InChI=1S/C20H18BrN5O2/c1-9-7-8-13(28-3)10(2)17(9)26-18(22)14(19(23)27)16-20(26)25-15-11(21)5-4-6-12(15)24-16/h4-8H,22H2,1-3H3,(H2,23,27). The number of rotatable bonds is 3. The molecule has 28 heavy (non-hydrogen) atoms. The molecule has 0 fully saturated rings. The first-order valence-electron chi connectivity index (χ1n) is 8.55. The first-order chi connectivity index (χ1) is 13.3. The summed E-state index contributed by atoms with van der Waals surface area (Å²) in [5.41, 5.74) is 17.0. The van der Waals surface area contributed by atoms with Gasteiger partial charge < -0.3 is 16.2 Å². The van der Waals surface area contributed by atoms with E-state index in [9.17, 15) is 4.79 Å². The normalized spacial score (nSPS) is 11.3. The molecule has 4 rings (SSSR count). The minimum absolute atomic E-state index is 0.158. The van der Waals surface area contributed by atoms with E-state index in [1.165, 1.54) is 0 Å². The third-order valence-electron chi connectivity index (χ3n) is 4.85. The predicted molar refractivity (Wildman–Crippen MR) is 113 cm³/mol. The van der Waals surface area contributed by atoms with Gasteiger partial charge in [-0.2, -0.15) is 0 Å². The number of ether oxygens (including phenoxy) is 1. The van der Waals surface area contributed by atoms with Crippen LogP contribution in [0.15, 0.2) is 34.8 Å². The largest absolute Gasteiger partial charge is 0.496 e. The van der Waals surface area contributed by atoms with Crippen molar-refractivity contribution in [2.75, 3.05) is 12.8 Å². The highest BCUT2D eigenvalue weighted by Gasteiger charge is 2.25. The van der Waals surface area contributed by atoms with Crippen LogP contribution in [0.5, 0.6) is 5.75 Å². The summed E-state index contributed by atoms with van der Waals surface area (Å²) in [4.78, 5) is 21.6. The van der Waals surface area contributed by atoms with Gasteiger partial charge >= 0.3 is 0 Å². The van der Waals surface area contributed by atoms with Crippen LogP contribution in [0.1, 0.15) is 21.5 Å². The number of amides is 1. The van der Waals surface area contributed by atoms with E-state index in [2.05, 4.69) is 20.9 Å². The zero-order chi connectivity index (χ0) is 20.2. The van der Waals surface area contributed by atoms with E-state index < -0.39 is 5.91 Å². The van der Waals surface area contributed by atoms with Crippen LogP contribution in [0.3, 0.4) is 0 Å². The highest BCUT2D eigenvalue weighted by atomic mass is 79.9. The third kappa shape index (κ3) is 2.52. The minimum Gasteiger partial charge on any atom is -0.496 e. The van der Waals surface area contributed by atoms with E-state index in [1.807, 2.05) is 44.2 Å². The van der Waals surface area contributed by atoms with Gasteiger partial charge in [0.1, 0.15) is 28.2 Å². The number of carbonyl (C=O) groups excluding carboxylic acids is 1. The lowest BCUT2D eigenvalue weighted by Gasteiger charge is -2.16. The van der Waals surface area contributed by atoms with Gasteiger partial charge in [-0.25, -0.2) is 9.97 Å². The van der Waals surface area contributed by atoms with Crippen molar-refractivity contribution >= 4 is 49.9 Å². The molecule has 2 heterocycles. The van der Waals surface area contributed by atoms with E-state index in [0.717, 1.165) is 21.3 Å². The Kier molecular flexibility index (Phi) is 4.23. The summed E-state index contributed by atoms with van der Waals surface area (Å²) in [5, 5.41) is 0. The Labute approximate surface area is 169 Å². The number of carbonyl (C=O) groups is 1. The Balaban J connectivity index is 2.23. The van der Waals surface area contributed by atoms with Gasteiger partial charge in [0.2, 0.25) is 0 Å². The number of methoxy groups -OCH3 is 1. The van der Waals surface area contributed by atoms with Crippen LogP contribution in [0.4, 0.5) is 5.82 Å². The van der Waals surface area contributed by atoms with Crippen LogP contribution in [0, 0.1) is 13.8 Å². The van der Waals surface area contributed by atoms with Crippen molar-refractivity contribution in [3.05, 3.63) is 51.5 Å². The number of aromatic nitrogens is 3. The molecule has 0 spiro atoms. The number of nitrogens with zero attached hydrogens (tertiary/aromatic N) is 3. The molecule has 0 atom stereocenters. The maximum Gasteiger partial charge on any atom is 0.254 e. The quantitative estimate of drug-likeness (QED) is 0.506. The average Bonchev–Trinajstić information content (AvgIpc) is 2.92. The Bertz CT molecular complexity index is 1280. The second-order valence-electron chi connectivity index (χ2n) is 6.52. The fraction of sp³-hybridized carbons (Fsp3) is 0.150. The number of primary amides is 1. The first-order valence-corrected chi connectivity index (χ1v) is 9.35. The molecule has 0 radical (unpaired) electrons. The van der Waals surface area contributed by atoms with Crippen molar-refractivity contribution in [1.82, 2.24) is 14.5 Å². The Morgan fingerprint density at radius 2 is 1.89 bits per heavy atom. The summed E-state index contributed by atoms with van der Waals surface area (Å²) < 4.78 is 8.00. The number of halogens is 1. The molecule has 0 unspecified atom stereocenters. The van der Waals surface area contributed by atoms with Gasteiger partial charge in [0.25, 0.3) is 5.91 Å². The van der Waals surface area contributed by atoms with Crippen LogP contribution in [0.25, 0.3) is 27.9 Å². The monoisotopic (exact) mass is 439 g/mol. The number of nitrogen functional groups attached to an aromatic ring is 1. The van der Waals surface area contributed by atoms with Crippen LogP contribution < -0.4 is 16.2 Å². The Hall–Kier alpha value is -3.13. The van der Waals surface area contributed by atoms with Crippen molar-refractivity contribution in [3.8, 4) is 11.4 Å². The number of fused-ring (bicyclic) bond motifs is 2. The molecule has 0 aliphatic carbocycles. The average molecular weight is 440 g/mol. The first kappa shape index (κ1) is 18.2.